The molecule has 1 aromatic rings. The van der Waals surface area contributed by atoms with E-state index in [1.54, 1.807) is 6.07 Å². The molecule has 12 heavy (non-hydrogen) atoms. The van der Waals surface area contributed by atoms with E-state index < -0.39 is 0 Å². The second-order valence-corrected chi connectivity index (χ2v) is 3.51. The lowest BCUT2D eigenvalue weighted by molar-refractivity contribution is 0.101. The van der Waals surface area contributed by atoms with Gasteiger partial charge in [0.1, 0.15) is 0 Å². The summed E-state index contributed by atoms with van der Waals surface area (Å²) in [7, 11) is 0. The maximum Gasteiger partial charge on any atom is 0.178 e. The highest BCUT2D eigenvalue weighted by molar-refractivity contribution is 7.14. The fourth-order valence-corrected chi connectivity index (χ4v) is 1.56. The molecule has 1 aromatic heterocycles. The van der Waals surface area contributed by atoms with Gasteiger partial charge < -0.3 is 0 Å². The third kappa shape index (κ3) is 2.08. The highest BCUT2D eigenvalue weighted by atomic mass is 32.1. The van der Waals surface area contributed by atoms with Crippen LogP contribution in [0.25, 0.3) is 10.4 Å². The van der Waals surface area contributed by atoms with Gasteiger partial charge in [-0.1, -0.05) is 5.11 Å². The van der Waals surface area contributed by atoms with Crippen molar-refractivity contribution in [3.05, 3.63) is 32.3 Å². The molecule has 0 atom stereocenters. The van der Waals surface area contributed by atoms with Crippen LogP contribution in [0, 0.1) is 6.92 Å². The lowest BCUT2D eigenvalue weighted by Gasteiger charge is -1.87. The third-order valence-electron chi connectivity index (χ3n) is 1.29. The van der Waals surface area contributed by atoms with E-state index in [1.165, 1.54) is 11.3 Å². The Balaban J connectivity index is 2.71. The second-order valence-electron chi connectivity index (χ2n) is 2.22. The summed E-state index contributed by atoms with van der Waals surface area (Å²) in [6, 6.07) is 3.61. The van der Waals surface area contributed by atoms with Crippen molar-refractivity contribution in [3.63, 3.8) is 0 Å². The van der Waals surface area contributed by atoms with Crippen molar-refractivity contribution in [2.45, 2.75) is 6.92 Å². The molecular weight excluding hydrogens is 174 g/mol. The summed E-state index contributed by atoms with van der Waals surface area (Å²) in [6.45, 7) is 1.84. The number of carbonyl (C=O) groups is 1. The zero-order chi connectivity index (χ0) is 8.97. The van der Waals surface area contributed by atoms with Crippen LogP contribution in [0.2, 0.25) is 0 Å². The van der Waals surface area contributed by atoms with Gasteiger partial charge in [-0.3, -0.25) is 4.79 Å². The van der Waals surface area contributed by atoms with Gasteiger partial charge in [0.25, 0.3) is 0 Å². The standard InChI is InChI=1S/C7H7N3OS/c1-5-2-3-7(12-5)6(11)4-9-10-8/h2-3H,4H2,1H3. The Bertz CT molecular complexity index is 338. The number of Topliss-reactive ketones (excluding diaryl/α,β-unsaturated/α-hetero) is 1. The van der Waals surface area contributed by atoms with E-state index in [2.05, 4.69) is 10.0 Å². The molecule has 0 N–H and O–H groups in total. The SMILES string of the molecule is Cc1ccc(C(=O)CN=[N+]=[N-])s1. The Morgan fingerprint density at radius 2 is 2.50 bits per heavy atom. The number of carbonyl (C=O) groups excluding carboxylic acids is 1. The smallest absolute Gasteiger partial charge is 0.178 e. The minimum atomic E-state index is -0.120. The third-order valence-corrected chi connectivity index (χ3v) is 2.33. The number of hydrogen-bond acceptors (Lipinski definition) is 3. The minimum absolute atomic E-state index is 0.0869. The summed E-state index contributed by atoms with van der Waals surface area (Å²) in [5.41, 5.74) is 7.98. The summed E-state index contributed by atoms with van der Waals surface area (Å²) in [4.78, 5) is 15.4. The van der Waals surface area contributed by atoms with Gasteiger partial charge in [0.05, 0.1) is 11.4 Å². The molecule has 62 valence electrons. The number of thiophene rings is 1. The topological polar surface area (TPSA) is 65.8 Å². The van der Waals surface area contributed by atoms with Crippen molar-refractivity contribution in [2.24, 2.45) is 5.11 Å². The number of ketones is 1. The predicted molar refractivity (Wildman–Crippen MR) is 47.4 cm³/mol. The highest BCUT2D eigenvalue weighted by Crippen LogP contribution is 2.15. The van der Waals surface area contributed by atoms with E-state index >= 15 is 0 Å². The average molecular weight is 181 g/mol. The van der Waals surface area contributed by atoms with Crippen molar-refractivity contribution in [1.29, 1.82) is 0 Å². The summed E-state index contributed by atoms with van der Waals surface area (Å²) >= 11 is 1.41. The molecule has 4 nitrogen and oxygen atoms in total. The number of aryl methyl sites for hydroxylation is 1. The van der Waals surface area contributed by atoms with Crippen LogP contribution >= 0.6 is 11.3 Å². The quantitative estimate of drug-likeness (QED) is 0.306. The zero-order valence-electron chi connectivity index (χ0n) is 6.52. The van der Waals surface area contributed by atoms with Gasteiger partial charge in [0, 0.05) is 9.79 Å². The van der Waals surface area contributed by atoms with E-state index in [-0.39, 0.29) is 12.3 Å². The van der Waals surface area contributed by atoms with E-state index in [9.17, 15) is 4.79 Å². The van der Waals surface area contributed by atoms with E-state index in [4.69, 9.17) is 5.53 Å². The maximum absolute atomic E-state index is 11.2. The van der Waals surface area contributed by atoms with Crippen LogP contribution in [0.1, 0.15) is 14.5 Å². The summed E-state index contributed by atoms with van der Waals surface area (Å²) in [5.74, 6) is -0.120. The largest absolute Gasteiger partial charge is 0.293 e. The summed E-state index contributed by atoms with van der Waals surface area (Å²) in [6.07, 6.45) is 0. The van der Waals surface area contributed by atoms with Gasteiger partial charge >= 0.3 is 0 Å². The number of azide groups is 1. The zero-order valence-corrected chi connectivity index (χ0v) is 7.34. The van der Waals surface area contributed by atoms with Crippen LogP contribution in [0.15, 0.2) is 17.2 Å². The Hall–Kier alpha value is -1.32. The Morgan fingerprint density at radius 1 is 1.75 bits per heavy atom. The normalized spacial score (nSPS) is 9.08. The molecule has 0 bridgehead atoms. The lowest BCUT2D eigenvalue weighted by Crippen LogP contribution is -1.98. The van der Waals surface area contributed by atoms with E-state index in [0.29, 0.717) is 4.88 Å². The van der Waals surface area contributed by atoms with Gasteiger partial charge in [-0.25, -0.2) is 0 Å². The number of rotatable bonds is 3. The van der Waals surface area contributed by atoms with E-state index in [1.807, 2.05) is 13.0 Å². The Kier molecular flexibility index (Phi) is 2.85. The van der Waals surface area contributed by atoms with Crippen LogP contribution in [-0.2, 0) is 0 Å². The van der Waals surface area contributed by atoms with Crippen molar-refractivity contribution in [3.8, 4) is 0 Å². The molecule has 0 spiro atoms. The van der Waals surface area contributed by atoms with Crippen molar-refractivity contribution in [1.82, 2.24) is 0 Å². The maximum atomic E-state index is 11.2. The van der Waals surface area contributed by atoms with Gasteiger partial charge in [-0.05, 0) is 24.6 Å². The molecule has 0 aliphatic carbocycles. The summed E-state index contributed by atoms with van der Waals surface area (Å²) in [5, 5.41) is 3.20. The molecule has 0 radical (unpaired) electrons. The Labute approximate surface area is 73.5 Å². The first-order chi connectivity index (χ1) is 5.74. The van der Waals surface area contributed by atoms with Crippen LogP contribution < -0.4 is 0 Å². The minimum Gasteiger partial charge on any atom is -0.293 e. The van der Waals surface area contributed by atoms with Crippen molar-refractivity contribution < 1.29 is 4.79 Å². The monoisotopic (exact) mass is 181 g/mol. The molecule has 1 heterocycles. The number of nitrogens with zero attached hydrogens (tertiary/aromatic N) is 3. The van der Waals surface area contributed by atoms with Crippen molar-refractivity contribution >= 4 is 17.1 Å². The fraction of sp³-hybridized carbons (Fsp3) is 0.286. The molecule has 0 aliphatic rings. The first kappa shape index (κ1) is 8.77. The molecular formula is C7H7N3OS. The van der Waals surface area contributed by atoms with Gasteiger partial charge in [0.15, 0.2) is 5.78 Å². The highest BCUT2D eigenvalue weighted by Gasteiger charge is 2.05. The van der Waals surface area contributed by atoms with Crippen LogP contribution in [-0.4, -0.2) is 12.3 Å². The molecule has 0 unspecified atom stereocenters. The number of hydrogen-bond donors (Lipinski definition) is 0. The summed E-state index contributed by atoms with van der Waals surface area (Å²) < 4.78 is 0. The van der Waals surface area contributed by atoms with Crippen LogP contribution in [0.5, 0.6) is 0 Å². The molecule has 0 fully saturated rings. The van der Waals surface area contributed by atoms with Gasteiger partial charge in [-0.2, -0.15) is 0 Å². The molecule has 1 rings (SSSR count). The molecule has 0 aliphatic heterocycles. The van der Waals surface area contributed by atoms with Gasteiger partial charge in [-0.15, -0.1) is 11.3 Å². The first-order valence-electron chi connectivity index (χ1n) is 3.34. The molecule has 0 aromatic carbocycles. The van der Waals surface area contributed by atoms with Crippen molar-refractivity contribution in [2.75, 3.05) is 6.54 Å². The predicted octanol–water partition coefficient (Wildman–Crippen LogP) is 2.55. The lowest BCUT2D eigenvalue weighted by atomic mass is 10.3. The van der Waals surface area contributed by atoms with E-state index in [0.717, 1.165) is 4.88 Å². The second kappa shape index (κ2) is 3.90. The molecule has 5 heteroatoms. The molecule has 0 saturated heterocycles. The Morgan fingerprint density at radius 3 is 3.00 bits per heavy atom. The fourth-order valence-electron chi connectivity index (χ4n) is 0.758. The first-order valence-corrected chi connectivity index (χ1v) is 4.16. The average Bonchev–Trinajstić information content (AvgIpc) is 2.47. The van der Waals surface area contributed by atoms with Crippen LogP contribution in [0.4, 0.5) is 0 Å². The van der Waals surface area contributed by atoms with Crippen LogP contribution in [0.3, 0.4) is 0 Å². The molecule has 0 saturated carbocycles. The van der Waals surface area contributed by atoms with Gasteiger partial charge in [0.2, 0.25) is 0 Å². The molecule has 0 amide bonds.